The number of carbonyl (C=O) groups excluding carboxylic acids is 2. The number of nitro benzene ring substituents is 1. The highest BCUT2D eigenvalue weighted by atomic mass is 19.4. The lowest BCUT2D eigenvalue weighted by Gasteiger charge is -2.44. The molecule has 2 atom stereocenters. The van der Waals surface area contributed by atoms with Gasteiger partial charge in [0.15, 0.2) is 11.2 Å². The smallest absolute Gasteiger partial charge is 0.433 e. The summed E-state index contributed by atoms with van der Waals surface area (Å²) in [6.45, 7) is 2.89. The second-order valence-corrected chi connectivity index (χ2v) is 24.3. The number of alkyl halides is 12. The van der Waals surface area contributed by atoms with E-state index in [4.69, 9.17) is 14.6 Å². The molecule has 0 saturated carbocycles. The predicted octanol–water partition coefficient (Wildman–Crippen LogP) is 12.8. The van der Waals surface area contributed by atoms with Crippen LogP contribution in [0.25, 0.3) is 0 Å². The van der Waals surface area contributed by atoms with Gasteiger partial charge in [-0.15, -0.1) is 0 Å². The summed E-state index contributed by atoms with van der Waals surface area (Å²) in [4.78, 5) is 41.4. The van der Waals surface area contributed by atoms with Crippen LogP contribution in [0, 0.1) is 21.7 Å². The molecule has 0 unspecified atom stereocenters. The Labute approximate surface area is 539 Å². The molecule has 30 heteroatoms. The number of fused-ring (bicyclic) bond motifs is 2. The highest BCUT2D eigenvalue weighted by Crippen LogP contribution is 2.46. The molecule has 0 spiro atoms. The first-order valence-electron chi connectivity index (χ1n) is 30.5. The van der Waals surface area contributed by atoms with E-state index in [0.717, 1.165) is 53.9 Å². The molecule has 0 aromatic heterocycles. The minimum absolute atomic E-state index is 0.129. The van der Waals surface area contributed by atoms with E-state index in [2.05, 4.69) is 39.6 Å². The highest BCUT2D eigenvalue weighted by molar-refractivity contribution is 5.71. The van der Waals surface area contributed by atoms with E-state index in [1.807, 2.05) is 36.4 Å². The van der Waals surface area contributed by atoms with Gasteiger partial charge in [-0.05, 0) is 143 Å². The first-order valence-corrected chi connectivity index (χ1v) is 30.5. The zero-order valence-corrected chi connectivity index (χ0v) is 52.1. The first kappa shape index (κ1) is 75.2. The number of carbonyl (C=O) groups is 2. The Balaban J connectivity index is 0.000000177. The minimum atomic E-state index is -4.72. The summed E-state index contributed by atoms with van der Waals surface area (Å²) in [6.07, 6.45) is -21.5. The molecule has 0 radical (unpaired) electrons. The molecule has 522 valence electrons. The van der Waals surface area contributed by atoms with Crippen molar-refractivity contribution < 1.29 is 100 Å². The molecule has 4 fully saturated rings. The summed E-state index contributed by atoms with van der Waals surface area (Å²) in [5.41, 5.74) is -3.96. The first-order chi connectivity index (χ1) is 44.5. The minimum Gasteiger partial charge on any atom is -0.433 e. The normalized spacial score (nSPS) is 21.1. The molecule has 4 saturated heterocycles. The Morgan fingerprint density at radius 2 is 0.937 bits per heavy atom. The van der Waals surface area contributed by atoms with Gasteiger partial charge in [-0.1, -0.05) is 72.8 Å². The largest absolute Gasteiger partial charge is 0.514 e. The lowest BCUT2D eigenvalue weighted by molar-refractivity contribution is -0.384. The van der Waals surface area contributed by atoms with E-state index < -0.39 is 76.1 Å². The van der Waals surface area contributed by atoms with E-state index in [9.17, 15) is 86.3 Å². The molecule has 4 N–H and O–H groups in total. The molecule has 5 aromatic rings. The van der Waals surface area contributed by atoms with Crippen molar-refractivity contribution in [2.75, 3.05) is 86.6 Å². The Morgan fingerprint density at radius 1 is 0.516 bits per heavy atom. The van der Waals surface area contributed by atoms with E-state index in [-0.39, 0.29) is 120 Å². The molecular weight excluding hydrogens is 1290 g/mol. The van der Waals surface area contributed by atoms with Gasteiger partial charge in [0.1, 0.15) is 17.4 Å². The Bertz CT molecular complexity index is 3290. The summed E-state index contributed by atoms with van der Waals surface area (Å²) < 4.78 is 196. The number of nitrogens with zero attached hydrogens (tertiary/aromatic N) is 5. The van der Waals surface area contributed by atoms with Crippen LogP contribution in [0.1, 0.15) is 96.8 Å². The van der Waals surface area contributed by atoms with Gasteiger partial charge in [-0.25, -0.2) is 18.4 Å². The molecular formula is C65H75F14N7O9. The maximum atomic E-state index is 14.0. The van der Waals surface area contributed by atoms with E-state index >= 15 is 0 Å². The number of aliphatic hydroxyl groups is 2. The Morgan fingerprint density at radius 3 is 1.39 bits per heavy atom. The van der Waals surface area contributed by atoms with Crippen LogP contribution < -0.4 is 15.4 Å². The SMILES string of the molecule is CN1CCC(O)(C(F)(F)F)CC1.CN1CCC(OC(=O)N2CCc3ccccc3[C@@H]2c2ccc(F)cc2)(C(F)(F)F)CC1.CN1CCC(OC(=O)Oc2ccc([N+](=O)[O-])cc2)(C(F)(F)F)CC1.Fc1ccc([C@@H]2NCCc3ccccc32)cc1.OC1(C(F)(F)F)CCNCC1. The summed E-state index contributed by atoms with van der Waals surface area (Å²) >= 11 is 0. The van der Waals surface area contributed by atoms with Crippen LogP contribution in [0.4, 0.5) is 76.7 Å². The topological polar surface area (TPSA) is 182 Å². The third-order valence-electron chi connectivity index (χ3n) is 17.7. The van der Waals surface area contributed by atoms with Crippen LogP contribution in [-0.4, -0.2) is 181 Å². The quantitative estimate of drug-likeness (QED) is 0.0414. The van der Waals surface area contributed by atoms with Crippen molar-refractivity contribution in [2.24, 2.45) is 0 Å². The van der Waals surface area contributed by atoms with Gasteiger partial charge in [0, 0.05) is 90.2 Å². The van der Waals surface area contributed by atoms with Gasteiger partial charge >= 0.3 is 37.0 Å². The van der Waals surface area contributed by atoms with Crippen molar-refractivity contribution in [1.29, 1.82) is 0 Å². The fourth-order valence-corrected chi connectivity index (χ4v) is 11.6. The number of halogens is 14. The van der Waals surface area contributed by atoms with E-state index in [1.165, 1.54) is 40.3 Å². The Kier molecular flexibility index (Phi) is 24.8. The average molecular weight is 1360 g/mol. The maximum Gasteiger partial charge on any atom is 0.514 e. The lowest BCUT2D eigenvalue weighted by Crippen LogP contribution is -2.57. The lowest BCUT2D eigenvalue weighted by atomic mass is 9.88. The van der Waals surface area contributed by atoms with Crippen LogP contribution in [0.5, 0.6) is 5.75 Å². The van der Waals surface area contributed by atoms with Crippen molar-refractivity contribution in [3.05, 3.63) is 176 Å². The number of amides is 1. The second kappa shape index (κ2) is 31.3. The summed E-state index contributed by atoms with van der Waals surface area (Å²) in [5, 5.41) is 35.0. The fraction of sp³-hybridized carbons (Fsp3) is 0.508. The van der Waals surface area contributed by atoms with Crippen molar-refractivity contribution in [3.8, 4) is 5.75 Å². The van der Waals surface area contributed by atoms with Gasteiger partial charge in [-0.3, -0.25) is 15.0 Å². The van der Waals surface area contributed by atoms with Crippen molar-refractivity contribution >= 4 is 17.9 Å². The van der Waals surface area contributed by atoms with Gasteiger partial charge < -0.3 is 49.8 Å². The summed E-state index contributed by atoms with van der Waals surface area (Å²) in [5.74, 6) is -0.752. The number of likely N-dealkylation sites (tertiary alicyclic amines) is 3. The van der Waals surface area contributed by atoms with Gasteiger partial charge in [0.2, 0.25) is 11.2 Å². The molecule has 6 aliphatic heterocycles. The van der Waals surface area contributed by atoms with E-state index in [0.29, 0.717) is 25.1 Å². The number of rotatable bonds is 6. The van der Waals surface area contributed by atoms with Crippen LogP contribution in [0.2, 0.25) is 0 Å². The maximum absolute atomic E-state index is 14.0. The van der Waals surface area contributed by atoms with Gasteiger partial charge in [0.25, 0.3) is 5.69 Å². The number of ether oxygens (including phenoxy) is 3. The zero-order chi connectivity index (χ0) is 69.8. The van der Waals surface area contributed by atoms with Crippen LogP contribution >= 0.6 is 0 Å². The number of hydrogen-bond donors (Lipinski definition) is 4. The van der Waals surface area contributed by atoms with Crippen LogP contribution in [0.3, 0.4) is 0 Å². The molecule has 5 aromatic carbocycles. The number of benzene rings is 5. The third kappa shape index (κ3) is 19.3. The fourth-order valence-electron chi connectivity index (χ4n) is 11.6. The van der Waals surface area contributed by atoms with Crippen LogP contribution in [0.15, 0.2) is 121 Å². The molecule has 16 nitrogen and oxygen atoms in total. The van der Waals surface area contributed by atoms with Crippen molar-refractivity contribution in [3.63, 3.8) is 0 Å². The number of piperidine rings is 4. The predicted molar refractivity (Wildman–Crippen MR) is 320 cm³/mol. The number of non-ortho nitro benzene ring substituents is 1. The number of hydrogen-bond acceptors (Lipinski definition) is 14. The molecule has 95 heavy (non-hydrogen) atoms. The average Bonchev–Trinajstić information content (AvgIpc) is 0.786. The number of nitrogens with one attached hydrogen (secondary N) is 2. The molecule has 1 amide bonds. The molecule has 11 rings (SSSR count). The summed E-state index contributed by atoms with van der Waals surface area (Å²) in [6, 6.07) is 32.3. The molecule has 6 aliphatic rings. The monoisotopic (exact) mass is 1360 g/mol. The molecule has 0 aliphatic carbocycles. The van der Waals surface area contributed by atoms with Gasteiger partial charge in [-0.2, -0.15) is 52.7 Å². The number of nitro groups is 1. The molecule has 0 bridgehead atoms. The van der Waals surface area contributed by atoms with Crippen LogP contribution in [-0.2, 0) is 22.3 Å². The highest BCUT2D eigenvalue weighted by Gasteiger charge is 2.61. The van der Waals surface area contributed by atoms with Gasteiger partial charge in [0.05, 0.1) is 17.0 Å². The summed E-state index contributed by atoms with van der Waals surface area (Å²) in [7, 11) is 5.17. The Hall–Kier alpha value is -7.22. The second-order valence-electron chi connectivity index (χ2n) is 24.3. The molecule has 6 heterocycles. The van der Waals surface area contributed by atoms with Crippen molar-refractivity contribution in [2.45, 2.75) is 123 Å². The van der Waals surface area contributed by atoms with Crippen molar-refractivity contribution in [1.82, 2.24) is 30.2 Å². The zero-order valence-electron chi connectivity index (χ0n) is 52.1. The standard InChI is InChI=1S/C23H24F4N2O2.C15H14FN.C14H15F3N2O5.C7H12F3NO.C6H10F3NO/c1-28-14-11-22(12-15-28,23(25,26)27)31-21(30)29-13-10-16-4-2-3-5-19(16)20(29)17-6-8-18(24)9-7-17;16-13-7-5-12(6-8-13)15-14-4-2-1-3-11(14)9-10-17-15;1-18-8-6-13(7-9-18,14(15,16)17)24-12(20)23-11-4-2-10(3-5-11)19(21)22;1-11-4-2-6(12,3-5-11)7(8,9)10;7-6(8,9)5(11)1-3-10-4-2-5/h2-9,20H,10-15H2,1H3;1-8,15,17H,9-10H2;2-5H,6-9H2,1H3;12H,2-5H2,1H3;10-11H,1-4H2/t20-;15-;;;/m00.../s1. The third-order valence-corrected chi connectivity index (χ3v) is 17.7. The van der Waals surface area contributed by atoms with E-state index in [1.54, 1.807) is 48.0 Å².